The van der Waals surface area contributed by atoms with Gasteiger partial charge in [0.05, 0.1) is 12.5 Å². The van der Waals surface area contributed by atoms with Gasteiger partial charge in [-0.25, -0.2) is 0 Å². The molecule has 3 heteroatoms. The lowest BCUT2D eigenvalue weighted by Crippen LogP contribution is -2.34. The summed E-state index contributed by atoms with van der Waals surface area (Å²) in [5.41, 5.74) is 3.70. The van der Waals surface area contributed by atoms with Gasteiger partial charge in [-0.1, -0.05) is 23.8 Å². The van der Waals surface area contributed by atoms with E-state index < -0.39 is 0 Å². The van der Waals surface area contributed by atoms with Gasteiger partial charge >= 0.3 is 0 Å². The third kappa shape index (κ3) is 4.40. The molecule has 19 heavy (non-hydrogen) atoms. The van der Waals surface area contributed by atoms with E-state index >= 15 is 0 Å². The van der Waals surface area contributed by atoms with Crippen molar-refractivity contribution in [1.82, 2.24) is 4.90 Å². The molecule has 0 fully saturated rings. The highest BCUT2D eigenvalue weighted by molar-refractivity contribution is 5.76. The molecule has 1 amide bonds. The molecule has 0 radical (unpaired) electrons. The predicted octanol–water partition coefficient (Wildman–Crippen LogP) is 3.00. The van der Waals surface area contributed by atoms with E-state index in [9.17, 15) is 4.79 Å². The summed E-state index contributed by atoms with van der Waals surface area (Å²) in [7, 11) is 1.77. The molecule has 0 saturated carbocycles. The molecule has 0 aromatic heterocycles. The summed E-state index contributed by atoms with van der Waals surface area (Å²) in [6.07, 6.45) is 1.64. The van der Waals surface area contributed by atoms with E-state index in [0.29, 0.717) is 12.8 Å². The minimum absolute atomic E-state index is 0.0170. The van der Waals surface area contributed by atoms with E-state index in [4.69, 9.17) is 5.26 Å². The van der Waals surface area contributed by atoms with Crippen LogP contribution in [-0.2, 0) is 11.2 Å². The van der Waals surface area contributed by atoms with Crippen molar-refractivity contribution >= 4 is 5.91 Å². The van der Waals surface area contributed by atoms with Crippen LogP contribution in [0.5, 0.6) is 0 Å². The topological polar surface area (TPSA) is 44.1 Å². The van der Waals surface area contributed by atoms with Gasteiger partial charge in [-0.05, 0) is 38.3 Å². The second-order valence-electron chi connectivity index (χ2n) is 5.15. The molecule has 0 aliphatic rings. The Kier molecular flexibility index (Phi) is 5.57. The summed E-state index contributed by atoms with van der Waals surface area (Å²) in [4.78, 5) is 13.7. The third-order valence-electron chi connectivity index (χ3n) is 3.55. The van der Waals surface area contributed by atoms with E-state index in [0.717, 1.165) is 6.42 Å². The SMILES string of the molecule is Cc1ccc(CCC(=O)N(C)C(C)CC#N)c(C)c1. The molecule has 102 valence electrons. The minimum atomic E-state index is -0.0170. The summed E-state index contributed by atoms with van der Waals surface area (Å²) in [5.74, 6) is 0.0997. The van der Waals surface area contributed by atoms with Crippen LogP contribution in [0.4, 0.5) is 0 Å². The first-order chi connectivity index (χ1) is 8.95. The van der Waals surface area contributed by atoms with Crippen molar-refractivity contribution in [2.24, 2.45) is 0 Å². The maximum absolute atomic E-state index is 12.0. The van der Waals surface area contributed by atoms with Gasteiger partial charge in [0.1, 0.15) is 0 Å². The first kappa shape index (κ1) is 15.2. The summed E-state index contributed by atoms with van der Waals surface area (Å²) in [6, 6.07) is 8.39. The number of amides is 1. The van der Waals surface area contributed by atoms with Gasteiger partial charge in [-0.2, -0.15) is 5.26 Å². The zero-order valence-electron chi connectivity index (χ0n) is 12.2. The summed E-state index contributed by atoms with van der Waals surface area (Å²) < 4.78 is 0. The van der Waals surface area contributed by atoms with Crippen LogP contribution in [0.2, 0.25) is 0 Å². The zero-order valence-corrected chi connectivity index (χ0v) is 12.2. The number of nitriles is 1. The molecule has 1 unspecified atom stereocenters. The third-order valence-corrected chi connectivity index (χ3v) is 3.55. The Balaban J connectivity index is 2.57. The Hall–Kier alpha value is -1.82. The van der Waals surface area contributed by atoms with Gasteiger partial charge in [0, 0.05) is 19.5 Å². The highest BCUT2D eigenvalue weighted by Crippen LogP contribution is 2.13. The Morgan fingerprint density at radius 2 is 2.11 bits per heavy atom. The number of nitrogens with zero attached hydrogens (tertiary/aromatic N) is 2. The lowest BCUT2D eigenvalue weighted by molar-refractivity contribution is -0.131. The number of carbonyl (C=O) groups is 1. The van der Waals surface area contributed by atoms with E-state index in [1.165, 1.54) is 16.7 Å². The Morgan fingerprint density at radius 1 is 1.42 bits per heavy atom. The van der Waals surface area contributed by atoms with Gasteiger partial charge in [-0.15, -0.1) is 0 Å². The smallest absolute Gasteiger partial charge is 0.222 e. The quantitative estimate of drug-likeness (QED) is 0.815. The van der Waals surface area contributed by atoms with Crippen molar-refractivity contribution in [2.45, 2.75) is 46.1 Å². The predicted molar refractivity (Wildman–Crippen MR) is 76.7 cm³/mol. The van der Waals surface area contributed by atoms with E-state index in [-0.39, 0.29) is 11.9 Å². The normalized spacial score (nSPS) is 11.7. The van der Waals surface area contributed by atoms with Crippen molar-refractivity contribution < 1.29 is 4.79 Å². The van der Waals surface area contributed by atoms with Gasteiger partial charge in [0.15, 0.2) is 0 Å². The summed E-state index contributed by atoms with van der Waals surface area (Å²) >= 11 is 0. The van der Waals surface area contributed by atoms with Crippen molar-refractivity contribution in [1.29, 1.82) is 5.26 Å². The number of benzene rings is 1. The van der Waals surface area contributed by atoms with Crippen LogP contribution in [0, 0.1) is 25.2 Å². The molecule has 3 nitrogen and oxygen atoms in total. The van der Waals surface area contributed by atoms with Crippen molar-refractivity contribution in [2.75, 3.05) is 7.05 Å². The van der Waals surface area contributed by atoms with Crippen molar-refractivity contribution in [3.8, 4) is 6.07 Å². The lowest BCUT2D eigenvalue weighted by atomic mass is 10.0. The van der Waals surface area contributed by atoms with E-state index in [1.807, 2.05) is 6.92 Å². The van der Waals surface area contributed by atoms with Crippen LogP contribution >= 0.6 is 0 Å². The first-order valence-electron chi connectivity index (χ1n) is 6.64. The summed E-state index contributed by atoms with van der Waals surface area (Å²) in [6.45, 7) is 6.05. The Bertz CT molecular complexity index is 488. The molecule has 1 aromatic carbocycles. The largest absolute Gasteiger partial charge is 0.342 e. The van der Waals surface area contributed by atoms with Gasteiger partial charge in [-0.3, -0.25) is 4.79 Å². The fourth-order valence-corrected chi connectivity index (χ4v) is 2.06. The summed E-state index contributed by atoms with van der Waals surface area (Å²) in [5, 5.41) is 8.65. The minimum Gasteiger partial charge on any atom is -0.342 e. The Morgan fingerprint density at radius 3 is 2.68 bits per heavy atom. The maximum atomic E-state index is 12.0. The molecular formula is C16H22N2O. The molecule has 1 rings (SSSR count). The number of rotatable bonds is 5. The monoisotopic (exact) mass is 258 g/mol. The molecule has 1 atom stereocenters. The van der Waals surface area contributed by atoms with Crippen LogP contribution < -0.4 is 0 Å². The molecule has 0 aliphatic heterocycles. The number of hydrogen-bond acceptors (Lipinski definition) is 2. The molecule has 0 saturated heterocycles. The fourth-order valence-electron chi connectivity index (χ4n) is 2.06. The van der Waals surface area contributed by atoms with E-state index in [1.54, 1.807) is 11.9 Å². The van der Waals surface area contributed by atoms with Gasteiger partial charge < -0.3 is 4.90 Å². The number of aryl methyl sites for hydroxylation is 3. The molecule has 0 N–H and O–H groups in total. The number of hydrogen-bond donors (Lipinski definition) is 0. The highest BCUT2D eigenvalue weighted by atomic mass is 16.2. The van der Waals surface area contributed by atoms with Crippen LogP contribution in [0.15, 0.2) is 18.2 Å². The average Bonchev–Trinajstić information content (AvgIpc) is 2.36. The van der Waals surface area contributed by atoms with Crippen LogP contribution in [0.25, 0.3) is 0 Å². The standard InChI is InChI=1S/C16H22N2O/c1-12-5-6-15(13(2)11-12)7-8-16(19)18(4)14(3)9-10-17/h5-6,11,14H,7-9H2,1-4H3. The second kappa shape index (κ2) is 6.94. The maximum Gasteiger partial charge on any atom is 0.222 e. The number of carbonyl (C=O) groups excluding carboxylic acids is 1. The zero-order chi connectivity index (χ0) is 14.4. The van der Waals surface area contributed by atoms with Crippen molar-refractivity contribution in [3.63, 3.8) is 0 Å². The molecule has 0 aliphatic carbocycles. The van der Waals surface area contributed by atoms with Gasteiger partial charge in [0.2, 0.25) is 5.91 Å². The first-order valence-corrected chi connectivity index (χ1v) is 6.64. The molecule has 0 heterocycles. The van der Waals surface area contributed by atoms with E-state index in [2.05, 4.69) is 38.1 Å². The molecule has 1 aromatic rings. The Labute approximate surface area is 115 Å². The fraction of sp³-hybridized carbons (Fsp3) is 0.500. The van der Waals surface area contributed by atoms with Crippen LogP contribution in [0.1, 0.15) is 36.5 Å². The van der Waals surface area contributed by atoms with Crippen molar-refractivity contribution in [3.05, 3.63) is 34.9 Å². The second-order valence-corrected chi connectivity index (χ2v) is 5.15. The average molecular weight is 258 g/mol. The van der Waals surface area contributed by atoms with Gasteiger partial charge in [0.25, 0.3) is 0 Å². The lowest BCUT2D eigenvalue weighted by Gasteiger charge is -2.23. The molecule has 0 bridgehead atoms. The van der Waals surface area contributed by atoms with Crippen LogP contribution in [-0.4, -0.2) is 23.9 Å². The molecular weight excluding hydrogens is 236 g/mol. The molecule has 0 spiro atoms. The highest BCUT2D eigenvalue weighted by Gasteiger charge is 2.15. The van der Waals surface area contributed by atoms with Crippen LogP contribution in [0.3, 0.4) is 0 Å².